The Kier molecular flexibility index (Phi) is 5.69. The summed E-state index contributed by atoms with van der Waals surface area (Å²) in [5.74, 6) is 0. The molecule has 0 unspecified atom stereocenters. The third kappa shape index (κ3) is 58.5. The van der Waals surface area contributed by atoms with Gasteiger partial charge < -0.3 is 0 Å². The van der Waals surface area contributed by atoms with Gasteiger partial charge >= 0.3 is 0 Å². The van der Waals surface area contributed by atoms with E-state index in [1.165, 1.54) is 0 Å². The average Bonchev–Trinajstić information content (AvgIpc) is 0.722. The van der Waals surface area contributed by atoms with Crippen molar-refractivity contribution >= 4 is 49.6 Å². The minimum atomic E-state index is -2.83. The number of hydrogen-bond donors (Lipinski definition) is 2. The van der Waals surface area contributed by atoms with Crippen molar-refractivity contribution in [2.24, 2.45) is 10.3 Å². The van der Waals surface area contributed by atoms with Crippen molar-refractivity contribution in [1.29, 1.82) is 0 Å². The molecule has 0 heterocycles. The minimum Gasteiger partial charge on any atom is -0.238 e. The minimum absolute atomic E-state index is 0. The Morgan fingerprint density at radius 3 is 1.50 bits per heavy atom. The van der Waals surface area contributed by atoms with Crippen LogP contribution in [0.1, 0.15) is 0 Å². The summed E-state index contributed by atoms with van der Waals surface area (Å²) in [5, 5.41) is 8.95. The fourth-order valence-electron chi connectivity index (χ4n) is 0. The van der Waals surface area contributed by atoms with Crippen LogP contribution >= 0.6 is 0 Å². The summed E-state index contributed by atoms with van der Waals surface area (Å²) in [6.45, 7) is 0. The molecule has 0 atom stereocenters. The van der Waals surface area contributed by atoms with Crippen molar-refractivity contribution in [2.75, 3.05) is 0 Å². The molecule has 0 aliphatic heterocycles. The van der Waals surface area contributed by atoms with Gasteiger partial charge in [-0.15, -0.1) is 0 Å². The number of hydrogen-bond acceptors (Lipinski definition) is 2. The summed E-state index contributed by atoms with van der Waals surface area (Å²) in [4.78, 5) is 0. The molecule has 0 amide bonds. The second-order valence-corrected chi connectivity index (χ2v) is 3.33. The van der Waals surface area contributed by atoms with Gasteiger partial charge in [-0.3, -0.25) is 0 Å². The predicted molar refractivity (Wildman–Crippen MR) is 29.6 cm³/mol. The number of nitrogens with two attached hydrogens (primary N) is 2. The second kappa shape index (κ2) is 3.31. The van der Waals surface area contributed by atoms with Crippen LogP contribution in [0.25, 0.3) is 0 Å². The van der Waals surface area contributed by atoms with E-state index in [1.807, 2.05) is 0 Å². The molecule has 0 aromatic rings. The largest absolute Gasteiger partial charge is 0.238 e. The van der Waals surface area contributed by atoms with Crippen LogP contribution in [0.2, 0.25) is 0 Å². The Balaban J connectivity index is 0. The zero-order valence-corrected chi connectivity index (χ0v) is 7.01. The van der Waals surface area contributed by atoms with E-state index in [-0.39, 0.29) is 29.6 Å². The summed E-state index contributed by atoms with van der Waals surface area (Å²) in [7, 11) is -2.83. The first kappa shape index (κ1) is 10.3. The molecule has 6 heavy (non-hydrogen) atoms. The van der Waals surface area contributed by atoms with E-state index < -0.39 is 8.86 Å². The van der Waals surface area contributed by atoms with Crippen LogP contribution in [0.3, 0.4) is 0 Å². The summed E-state index contributed by atoms with van der Waals surface area (Å²) < 4.78 is 9.56. The summed E-state index contributed by atoms with van der Waals surface area (Å²) >= 11 is 3.91. The molecule has 4 N–H and O–H groups in total. The van der Waals surface area contributed by atoms with E-state index in [0.717, 1.165) is 0 Å². The quantitative estimate of drug-likeness (QED) is 0.381. The van der Waals surface area contributed by atoms with Crippen LogP contribution in [0.5, 0.6) is 0 Å². The third-order valence-electron chi connectivity index (χ3n) is 0. The van der Waals surface area contributed by atoms with Crippen LogP contribution in [-0.2, 0) is 20.1 Å². The Morgan fingerprint density at radius 1 is 1.50 bits per heavy atom. The van der Waals surface area contributed by atoms with E-state index in [4.69, 9.17) is 0 Å². The van der Waals surface area contributed by atoms with Gasteiger partial charge in [0.2, 0.25) is 0 Å². The topological polar surface area (TPSA) is 69.1 Å². The van der Waals surface area contributed by atoms with Gasteiger partial charge in [-0.25, -0.2) is 14.5 Å². The number of rotatable bonds is 0. The molecular weight excluding hydrogens is 131 g/mol. The van der Waals surface area contributed by atoms with Crippen molar-refractivity contribution in [3.05, 3.63) is 0 Å². The first-order chi connectivity index (χ1) is 2.00. The monoisotopic (exact) mass is 135 g/mol. The maximum Gasteiger partial charge on any atom is 0.147 e. The van der Waals surface area contributed by atoms with Crippen LogP contribution in [0.4, 0.5) is 0 Å². The molecule has 6 heteroatoms. The average molecular weight is 135 g/mol. The fraction of sp³-hybridized carbons (Fsp3) is 0. The third-order valence-corrected chi connectivity index (χ3v) is 0. The van der Waals surface area contributed by atoms with Gasteiger partial charge in [-0.1, -0.05) is 0 Å². The van der Waals surface area contributed by atoms with E-state index in [1.54, 1.807) is 0 Å². The molecule has 0 aliphatic carbocycles. The fourth-order valence-corrected chi connectivity index (χ4v) is 0. The van der Waals surface area contributed by atoms with Gasteiger partial charge in [-0.05, 0) is 0 Å². The molecule has 1 radical (unpaired) electrons. The molecule has 0 spiro atoms. The molecule has 0 fully saturated rings. The van der Waals surface area contributed by atoms with Gasteiger partial charge in [0, 0.05) is 40.7 Å². The predicted octanol–water partition coefficient (Wildman–Crippen LogP) is -1.90. The molecule has 0 rings (SSSR count). The van der Waals surface area contributed by atoms with Gasteiger partial charge in [-0.2, -0.15) is 0 Å². The van der Waals surface area contributed by atoms with Gasteiger partial charge in [0.15, 0.2) is 0 Å². The molecule has 33 valence electrons. The van der Waals surface area contributed by atoms with Crippen molar-refractivity contribution in [3.8, 4) is 0 Å². The second-order valence-electron chi connectivity index (χ2n) is 0.589. The van der Waals surface area contributed by atoms with Crippen LogP contribution < -0.4 is 10.3 Å². The van der Waals surface area contributed by atoms with Crippen LogP contribution in [-0.4, -0.2) is 33.8 Å². The summed E-state index contributed by atoms with van der Waals surface area (Å²) in [6.07, 6.45) is 0. The maximum atomic E-state index is 9.56. The molecule has 0 aromatic carbocycles. The van der Waals surface area contributed by atoms with Gasteiger partial charge in [0.1, 0.15) is 8.86 Å². The Hall–Kier alpha value is 1.29. The summed E-state index contributed by atoms with van der Waals surface area (Å²) in [5.41, 5.74) is 0. The SMILES string of the molecule is NS(N)(=O)=S.[Na]. The molecule has 0 aliphatic rings. The van der Waals surface area contributed by atoms with Gasteiger partial charge in [0.05, 0.1) is 0 Å². The van der Waals surface area contributed by atoms with Crippen molar-refractivity contribution in [2.45, 2.75) is 0 Å². The van der Waals surface area contributed by atoms with E-state index in [2.05, 4.69) is 21.5 Å². The molecule has 0 saturated carbocycles. The van der Waals surface area contributed by atoms with Gasteiger partial charge in [0.25, 0.3) is 0 Å². The first-order valence-electron chi connectivity index (χ1n) is 0.805. The van der Waals surface area contributed by atoms with E-state index in [0.29, 0.717) is 0 Å². The Bertz CT molecular complexity index is 94.7. The standard InChI is InChI=1S/H4N2OS2.Na/c1-5(2,3)4;/h(H4,1,2,3,4);. The van der Waals surface area contributed by atoms with Crippen LogP contribution in [0, 0.1) is 0 Å². The zero-order chi connectivity index (χ0) is 4.50. The Labute approximate surface area is 63.7 Å². The van der Waals surface area contributed by atoms with Crippen LogP contribution in [0.15, 0.2) is 0 Å². The maximum absolute atomic E-state index is 9.56. The summed E-state index contributed by atoms with van der Waals surface area (Å²) in [6, 6.07) is 0. The van der Waals surface area contributed by atoms with Crippen molar-refractivity contribution in [3.63, 3.8) is 0 Å². The normalized spacial score (nSPS) is 9.67. The van der Waals surface area contributed by atoms with Crippen molar-refractivity contribution in [1.82, 2.24) is 0 Å². The molecule has 0 saturated heterocycles. The molecule has 0 bridgehead atoms. The Morgan fingerprint density at radius 2 is 1.50 bits per heavy atom. The van der Waals surface area contributed by atoms with E-state index >= 15 is 0 Å². The molecular formula is H4N2NaOS2. The van der Waals surface area contributed by atoms with E-state index in [9.17, 15) is 4.21 Å². The smallest absolute Gasteiger partial charge is 0.147 e. The molecule has 0 aromatic heterocycles. The van der Waals surface area contributed by atoms with Crippen molar-refractivity contribution < 1.29 is 4.21 Å². The first-order valence-corrected chi connectivity index (χ1v) is 3.41. The zero-order valence-electron chi connectivity index (χ0n) is 3.38. The molecule has 3 nitrogen and oxygen atoms in total.